The molecule has 1 fully saturated rings. The first-order valence-electron chi connectivity index (χ1n) is 9.71. The molecule has 1 heterocycles. The minimum atomic E-state index is -0.233. The summed E-state index contributed by atoms with van der Waals surface area (Å²) in [5.41, 5.74) is 1.08. The van der Waals surface area contributed by atoms with Crippen LogP contribution in [0.4, 0.5) is 4.39 Å². The Morgan fingerprint density at radius 3 is 2.78 bits per heavy atom. The topological polar surface area (TPSA) is 46.1 Å². The molecule has 0 aliphatic carbocycles. The lowest BCUT2D eigenvalue weighted by molar-refractivity contribution is 0.00991. The van der Waals surface area contributed by atoms with Crippen molar-refractivity contribution in [3.63, 3.8) is 0 Å². The number of nitrogens with one attached hydrogen (secondary N) is 1. The van der Waals surface area contributed by atoms with Crippen LogP contribution in [0.1, 0.15) is 31.7 Å². The molecule has 1 aromatic carbocycles. The van der Waals surface area contributed by atoms with E-state index in [0.29, 0.717) is 17.1 Å². The smallest absolute Gasteiger partial charge is 0.193 e. The first kappa shape index (κ1) is 22.1. The second-order valence-corrected chi connectivity index (χ2v) is 7.49. The number of nitrogens with zero attached hydrogens (tertiary/aromatic N) is 2. The van der Waals surface area contributed by atoms with Gasteiger partial charge in [-0.3, -0.25) is 4.99 Å². The van der Waals surface area contributed by atoms with Crippen molar-refractivity contribution in [1.82, 2.24) is 10.2 Å². The fraction of sp³-hybridized carbons (Fsp3) is 0.650. The molecular weight excluding hydrogens is 413 g/mol. The standard InChI is InChI=1S/C20H31BrFN3O2/c1-3-23-20(24-10-7-16-5-6-19(22)18(21)15-16)25-11-8-17(9-12-25)27-14-4-13-26-2/h5-6,15,17H,3-4,7-14H2,1-2H3,(H,23,24). The van der Waals surface area contributed by atoms with Crippen LogP contribution in [-0.4, -0.2) is 63.5 Å². The maximum absolute atomic E-state index is 13.3. The van der Waals surface area contributed by atoms with Crippen LogP contribution in [0, 0.1) is 5.82 Å². The highest BCUT2D eigenvalue weighted by Crippen LogP contribution is 2.17. The molecule has 1 saturated heterocycles. The number of benzene rings is 1. The molecule has 0 bridgehead atoms. The van der Waals surface area contributed by atoms with E-state index in [4.69, 9.17) is 14.5 Å². The van der Waals surface area contributed by atoms with Crippen molar-refractivity contribution in [3.05, 3.63) is 34.1 Å². The number of aliphatic imine (C=N–C) groups is 1. The average molecular weight is 444 g/mol. The summed E-state index contributed by atoms with van der Waals surface area (Å²) in [5, 5.41) is 3.38. The van der Waals surface area contributed by atoms with Gasteiger partial charge in [0.25, 0.3) is 0 Å². The van der Waals surface area contributed by atoms with E-state index >= 15 is 0 Å². The van der Waals surface area contributed by atoms with E-state index in [1.165, 1.54) is 6.07 Å². The largest absolute Gasteiger partial charge is 0.385 e. The first-order chi connectivity index (χ1) is 13.1. The summed E-state index contributed by atoms with van der Waals surface area (Å²) in [6.07, 6.45) is 4.09. The SMILES string of the molecule is CCNC(=NCCc1ccc(F)c(Br)c1)N1CCC(OCCCOC)CC1. The third kappa shape index (κ3) is 7.76. The molecule has 0 radical (unpaired) electrons. The molecule has 0 atom stereocenters. The summed E-state index contributed by atoms with van der Waals surface area (Å²) in [6.45, 7) is 7.01. The van der Waals surface area contributed by atoms with Gasteiger partial charge in [0.15, 0.2) is 5.96 Å². The molecule has 0 spiro atoms. The lowest BCUT2D eigenvalue weighted by atomic mass is 10.1. The highest BCUT2D eigenvalue weighted by molar-refractivity contribution is 9.10. The van der Waals surface area contributed by atoms with E-state index in [1.807, 2.05) is 12.1 Å². The van der Waals surface area contributed by atoms with Crippen LogP contribution in [0.3, 0.4) is 0 Å². The summed E-state index contributed by atoms with van der Waals surface area (Å²) in [4.78, 5) is 7.07. The number of piperidine rings is 1. The van der Waals surface area contributed by atoms with E-state index in [1.54, 1.807) is 7.11 Å². The summed E-state index contributed by atoms with van der Waals surface area (Å²) in [7, 11) is 1.72. The Labute approximate surface area is 170 Å². The van der Waals surface area contributed by atoms with Gasteiger partial charge >= 0.3 is 0 Å². The van der Waals surface area contributed by atoms with Crippen molar-refractivity contribution in [2.24, 2.45) is 4.99 Å². The van der Waals surface area contributed by atoms with E-state index < -0.39 is 0 Å². The van der Waals surface area contributed by atoms with Gasteiger partial charge in [-0.2, -0.15) is 0 Å². The number of guanidine groups is 1. The first-order valence-corrected chi connectivity index (χ1v) is 10.5. The van der Waals surface area contributed by atoms with Gasteiger partial charge in [0.1, 0.15) is 5.82 Å². The Bertz CT molecular complexity index is 593. The van der Waals surface area contributed by atoms with Crippen molar-refractivity contribution in [2.75, 3.05) is 46.5 Å². The Morgan fingerprint density at radius 1 is 1.33 bits per heavy atom. The zero-order valence-electron chi connectivity index (χ0n) is 16.3. The molecule has 1 N–H and O–H groups in total. The number of halogens is 2. The zero-order valence-corrected chi connectivity index (χ0v) is 17.9. The highest BCUT2D eigenvalue weighted by Gasteiger charge is 2.21. The van der Waals surface area contributed by atoms with Crippen LogP contribution in [0.5, 0.6) is 0 Å². The van der Waals surface area contributed by atoms with Crippen LogP contribution >= 0.6 is 15.9 Å². The molecule has 1 aliphatic heterocycles. The van der Waals surface area contributed by atoms with Crippen LogP contribution in [0.15, 0.2) is 27.7 Å². The number of hydrogen-bond donors (Lipinski definition) is 1. The van der Waals surface area contributed by atoms with Crippen LogP contribution in [0.2, 0.25) is 0 Å². The number of methoxy groups -OCH3 is 1. The molecule has 0 saturated carbocycles. The van der Waals surface area contributed by atoms with Crippen molar-refractivity contribution in [3.8, 4) is 0 Å². The molecule has 0 aromatic heterocycles. The Morgan fingerprint density at radius 2 is 2.11 bits per heavy atom. The minimum absolute atomic E-state index is 0.233. The minimum Gasteiger partial charge on any atom is -0.385 e. The number of likely N-dealkylation sites (tertiary alicyclic amines) is 1. The summed E-state index contributed by atoms with van der Waals surface area (Å²) >= 11 is 3.24. The molecule has 152 valence electrons. The van der Waals surface area contributed by atoms with Gasteiger partial charge < -0.3 is 19.7 Å². The normalized spacial score (nSPS) is 16.0. The maximum atomic E-state index is 13.3. The maximum Gasteiger partial charge on any atom is 0.193 e. The van der Waals surface area contributed by atoms with Gasteiger partial charge in [-0.15, -0.1) is 0 Å². The summed E-state index contributed by atoms with van der Waals surface area (Å²) in [5.74, 6) is 0.722. The van der Waals surface area contributed by atoms with Crippen LogP contribution in [0.25, 0.3) is 0 Å². The Hall–Kier alpha value is -1.18. The van der Waals surface area contributed by atoms with Gasteiger partial charge in [-0.1, -0.05) is 6.07 Å². The van der Waals surface area contributed by atoms with E-state index in [-0.39, 0.29) is 5.82 Å². The molecule has 7 heteroatoms. The zero-order chi connectivity index (χ0) is 19.5. The fourth-order valence-electron chi connectivity index (χ4n) is 3.10. The monoisotopic (exact) mass is 443 g/mol. The molecule has 2 rings (SSSR count). The predicted octanol–water partition coefficient (Wildman–Crippen LogP) is 3.61. The fourth-order valence-corrected chi connectivity index (χ4v) is 3.53. The summed E-state index contributed by atoms with van der Waals surface area (Å²) in [6, 6.07) is 5.13. The second kappa shape index (κ2) is 12.3. The quantitative estimate of drug-likeness (QED) is 0.359. The van der Waals surface area contributed by atoms with Gasteiger partial charge in [0.2, 0.25) is 0 Å². The predicted molar refractivity (Wildman–Crippen MR) is 111 cm³/mol. The van der Waals surface area contributed by atoms with E-state index in [2.05, 4.69) is 33.1 Å². The Kier molecular flexibility index (Phi) is 10.1. The van der Waals surface area contributed by atoms with Crippen LogP contribution < -0.4 is 5.32 Å². The Balaban J connectivity index is 1.80. The molecular formula is C20H31BrFN3O2. The van der Waals surface area contributed by atoms with Gasteiger partial charge in [0.05, 0.1) is 10.6 Å². The highest BCUT2D eigenvalue weighted by atomic mass is 79.9. The molecule has 1 aliphatic rings. The van der Waals surface area contributed by atoms with Crippen molar-refractivity contribution in [2.45, 2.75) is 38.7 Å². The number of rotatable bonds is 9. The van der Waals surface area contributed by atoms with Crippen molar-refractivity contribution >= 4 is 21.9 Å². The van der Waals surface area contributed by atoms with Gasteiger partial charge in [0, 0.05) is 46.5 Å². The number of ether oxygens (including phenoxy) is 2. The van der Waals surface area contributed by atoms with E-state index in [9.17, 15) is 4.39 Å². The van der Waals surface area contributed by atoms with Crippen molar-refractivity contribution < 1.29 is 13.9 Å². The van der Waals surface area contributed by atoms with Gasteiger partial charge in [-0.25, -0.2) is 4.39 Å². The lowest BCUT2D eigenvalue weighted by Crippen LogP contribution is -2.47. The van der Waals surface area contributed by atoms with Crippen molar-refractivity contribution in [1.29, 1.82) is 0 Å². The van der Waals surface area contributed by atoms with Gasteiger partial charge in [-0.05, 0) is 66.2 Å². The average Bonchev–Trinajstić information content (AvgIpc) is 2.68. The number of hydrogen-bond acceptors (Lipinski definition) is 3. The summed E-state index contributed by atoms with van der Waals surface area (Å²) < 4.78 is 24.8. The molecule has 0 amide bonds. The van der Waals surface area contributed by atoms with E-state index in [0.717, 1.165) is 70.1 Å². The lowest BCUT2D eigenvalue weighted by Gasteiger charge is -2.34. The molecule has 5 nitrogen and oxygen atoms in total. The third-order valence-electron chi connectivity index (χ3n) is 4.57. The molecule has 1 aromatic rings. The second-order valence-electron chi connectivity index (χ2n) is 6.64. The third-order valence-corrected chi connectivity index (χ3v) is 5.18. The molecule has 0 unspecified atom stereocenters. The molecule has 27 heavy (non-hydrogen) atoms. The van der Waals surface area contributed by atoms with Crippen LogP contribution in [-0.2, 0) is 15.9 Å².